The molecule has 0 aliphatic heterocycles. The van der Waals surface area contributed by atoms with Gasteiger partial charge in [0.25, 0.3) is 0 Å². The van der Waals surface area contributed by atoms with Crippen LogP contribution in [0.4, 0.5) is 0 Å². The first-order valence-corrected chi connectivity index (χ1v) is 1.65. The van der Waals surface area contributed by atoms with Gasteiger partial charge in [0.05, 0.1) is 9.85 Å². The molecule has 8 heavy (non-hydrogen) atoms. The van der Waals surface area contributed by atoms with Crippen LogP contribution in [-0.2, 0) is 0 Å². The van der Waals surface area contributed by atoms with Crippen molar-refractivity contribution in [3.63, 3.8) is 0 Å². The number of nitrogens with zero attached hydrogens (tertiary/aromatic N) is 2. The molecule has 0 aromatic heterocycles. The minimum Gasteiger partial charge on any atom is -0.259 e. The van der Waals surface area contributed by atoms with Crippen LogP contribution in [0.15, 0.2) is 0 Å². The normalized spacial score (nSPS) is 9.25. The summed E-state index contributed by atoms with van der Waals surface area (Å²) in [6.07, 6.45) is -1.94. The van der Waals surface area contributed by atoms with E-state index in [0.717, 1.165) is 0 Å². The van der Waals surface area contributed by atoms with Gasteiger partial charge < -0.3 is 0 Å². The minimum atomic E-state index is -1.94. The first kappa shape index (κ1) is 6.80. The van der Waals surface area contributed by atoms with E-state index in [4.69, 9.17) is 0 Å². The molecule has 6 heteroatoms. The van der Waals surface area contributed by atoms with Gasteiger partial charge >= 0.3 is 6.17 Å². The number of nitro groups is 2. The summed E-state index contributed by atoms with van der Waals surface area (Å²) < 4.78 is 0. The molecule has 0 aromatic carbocycles. The van der Waals surface area contributed by atoms with Gasteiger partial charge in [-0.15, -0.1) is 0 Å². The zero-order chi connectivity index (χ0) is 6.73. The molecule has 0 saturated heterocycles. The van der Waals surface area contributed by atoms with Crippen LogP contribution in [0.25, 0.3) is 0 Å². The van der Waals surface area contributed by atoms with E-state index < -0.39 is 16.0 Å². The molecule has 1 radical (unpaired) electrons. The van der Waals surface area contributed by atoms with Crippen LogP contribution in [0.5, 0.6) is 0 Å². The van der Waals surface area contributed by atoms with Crippen molar-refractivity contribution in [2.24, 2.45) is 0 Å². The molecule has 0 N–H and O–H groups in total. The fourth-order valence-electron chi connectivity index (χ4n) is 0.0770. The summed E-state index contributed by atoms with van der Waals surface area (Å²) in [5, 5.41) is 18.9. The van der Waals surface area contributed by atoms with E-state index in [1.54, 1.807) is 0 Å². The van der Waals surface area contributed by atoms with E-state index in [-0.39, 0.29) is 0 Å². The summed E-state index contributed by atoms with van der Waals surface area (Å²) in [6.45, 7) is 2.64. The molecule has 0 saturated carbocycles. The third-order valence-corrected chi connectivity index (χ3v) is 0.487. The van der Waals surface area contributed by atoms with Crippen LogP contribution in [0, 0.1) is 27.2 Å². The summed E-state index contributed by atoms with van der Waals surface area (Å²) in [5.74, 6) is 0. The van der Waals surface area contributed by atoms with E-state index in [2.05, 4.69) is 6.92 Å². The average Bonchev–Trinajstić information content (AvgIpc) is 1.64. The van der Waals surface area contributed by atoms with E-state index >= 15 is 0 Å². The molecule has 6 nitrogen and oxygen atoms in total. The SMILES string of the molecule is [CH2]C([N+](=O)[O-])[N+](=O)[O-]. The maximum absolute atomic E-state index is 9.44. The summed E-state index contributed by atoms with van der Waals surface area (Å²) >= 11 is 0. The van der Waals surface area contributed by atoms with Gasteiger partial charge in [-0.2, -0.15) is 0 Å². The van der Waals surface area contributed by atoms with Gasteiger partial charge in [0, 0.05) is 0 Å². The number of hydrogen-bond acceptors (Lipinski definition) is 4. The topological polar surface area (TPSA) is 86.3 Å². The average molecular weight is 119 g/mol. The highest BCUT2D eigenvalue weighted by molar-refractivity contribution is 4.38. The van der Waals surface area contributed by atoms with Crippen molar-refractivity contribution < 1.29 is 9.85 Å². The second-order valence-corrected chi connectivity index (χ2v) is 1.05. The van der Waals surface area contributed by atoms with Gasteiger partial charge in [0.2, 0.25) is 0 Å². The van der Waals surface area contributed by atoms with Gasteiger partial charge in [0.1, 0.15) is 6.92 Å². The Morgan fingerprint density at radius 3 is 1.50 bits per heavy atom. The van der Waals surface area contributed by atoms with Gasteiger partial charge in [-0.25, -0.2) is 0 Å². The van der Waals surface area contributed by atoms with Gasteiger partial charge in [-0.1, -0.05) is 0 Å². The Morgan fingerprint density at radius 1 is 1.25 bits per heavy atom. The molecule has 0 aliphatic rings. The summed E-state index contributed by atoms with van der Waals surface area (Å²) in [4.78, 5) is 16.7. The molecule has 0 heterocycles. The summed E-state index contributed by atoms with van der Waals surface area (Å²) in [7, 11) is 0. The molecule has 0 spiro atoms. The van der Waals surface area contributed by atoms with Crippen molar-refractivity contribution in [1.29, 1.82) is 0 Å². The minimum absolute atomic E-state index is 1.07. The van der Waals surface area contributed by atoms with E-state index in [1.807, 2.05) is 0 Å². The highest BCUT2D eigenvalue weighted by Crippen LogP contribution is 1.85. The standard InChI is InChI=1S/C2H3N2O4/c1-2(3(5)6)4(7)8/h2H,1H2. The Kier molecular flexibility index (Phi) is 1.87. The largest absolute Gasteiger partial charge is 0.451 e. The van der Waals surface area contributed by atoms with Crippen LogP contribution in [0.1, 0.15) is 0 Å². The van der Waals surface area contributed by atoms with Crippen LogP contribution in [0.3, 0.4) is 0 Å². The Balaban J connectivity index is 3.83. The molecule has 0 amide bonds. The van der Waals surface area contributed by atoms with E-state index in [0.29, 0.717) is 0 Å². The van der Waals surface area contributed by atoms with Gasteiger partial charge in [-0.3, -0.25) is 20.2 Å². The quantitative estimate of drug-likeness (QED) is 0.283. The molecule has 0 bridgehead atoms. The second kappa shape index (κ2) is 2.20. The Morgan fingerprint density at radius 2 is 1.50 bits per heavy atom. The molecule has 0 aromatic rings. The zero-order valence-electron chi connectivity index (χ0n) is 3.81. The van der Waals surface area contributed by atoms with Crippen molar-refractivity contribution in [3.05, 3.63) is 27.2 Å². The van der Waals surface area contributed by atoms with Crippen molar-refractivity contribution >= 4 is 0 Å². The highest BCUT2D eigenvalue weighted by atomic mass is 16.7. The molecule has 0 unspecified atom stereocenters. The maximum Gasteiger partial charge on any atom is 0.451 e. The van der Waals surface area contributed by atoms with Crippen molar-refractivity contribution in [2.75, 3.05) is 0 Å². The molecule has 45 valence electrons. The van der Waals surface area contributed by atoms with Crippen molar-refractivity contribution in [2.45, 2.75) is 6.17 Å². The zero-order valence-corrected chi connectivity index (χ0v) is 3.81. The third kappa shape index (κ3) is 1.50. The highest BCUT2D eigenvalue weighted by Gasteiger charge is 2.23. The molecule has 0 aliphatic carbocycles. The van der Waals surface area contributed by atoms with Crippen LogP contribution < -0.4 is 0 Å². The Hall–Kier alpha value is -1.20. The van der Waals surface area contributed by atoms with Gasteiger partial charge in [0.15, 0.2) is 0 Å². The molecule has 0 rings (SSSR count). The molecule has 0 atom stereocenters. The fourth-order valence-corrected chi connectivity index (χ4v) is 0.0770. The lowest BCUT2D eigenvalue weighted by atomic mass is 10.6. The summed E-state index contributed by atoms with van der Waals surface area (Å²) in [5.41, 5.74) is 0. The van der Waals surface area contributed by atoms with E-state index in [1.165, 1.54) is 0 Å². The van der Waals surface area contributed by atoms with Crippen LogP contribution in [-0.4, -0.2) is 16.0 Å². The number of hydrogen-bond donors (Lipinski definition) is 0. The monoisotopic (exact) mass is 119 g/mol. The van der Waals surface area contributed by atoms with E-state index in [9.17, 15) is 20.2 Å². The number of rotatable bonds is 2. The first-order chi connectivity index (χ1) is 3.55. The van der Waals surface area contributed by atoms with Crippen molar-refractivity contribution in [3.8, 4) is 0 Å². The lowest BCUT2D eigenvalue weighted by molar-refractivity contribution is -0.728. The molecular formula is C2H3N2O4. The summed E-state index contributed by atoms with van der Waals surface area (Å²) in [6, 6.07) is 0. The predicted octanol–water partition coefficient (Wildman–Crippen LogP) is -0.300. The maximum atomic E-state index is 9.44. The van der Waals surface area contributed by atoms with Crippen LogP contribution in [0.2, 0.25) is 0 Å². The first-order valence-electron chi connectivity index (χ1n) is 1.65. The van der Waals surface area contributed by atoms with Gasteiger partial charge in [-0.05, 0) is 0 Å². The third-order valence-electron chi connectivity index (χ3n) is 0.487. The van der Waals surface area contributed by atoms with Crippen molar-refractivity contribution in [1.82, 2.24) is 0 Å². The molecule has 0 fully saturated rings. The Labute approximate surface area is 44.4 Å². The Bertz CT molecular complexity index is 107. The smallest absolute Gasteiger partial charge is 0.259 e. The lowest BCUT2D eigenvalue weighted by Gasteiger charge is -1.90. The fraction of sp³-hybridized carbons (Fsp3) is 0.500. The van der Waals surface area contributed by atoms with Crippen LogP contribution >= 0.6 is 0 Å². The second-order valence-electron chi connectivity index (χ2n) is 1.05. The molecular weight excluding hydrogens is 116 g/mol. The predicted molar refractivity (Wildman–Crippen MR) is 23.1 cm³/mol. The lowest BCUT2D eigenvalue weighted by Crippen LogP contribution is -2.24.